The zero-order chi connectivity index (χ0) is 33.4. The molecule has 0 saturated carbocycles. The first-order chi connectivity index (χ1) is 20.7. The summed E-state index contributed by atoms with van der Waals surface area (Å²) >= 11 is 0. The smallest absolute Gasteiger partial charge is 0.0657 e. The maximum atomic E-state index is 5.51. The molecule has 0 aliphatic rings. The van der Waals surface area contributed by atoms with Gasteiger partial charge in [-0.25, -0.2) is 0 Å². The summed E-state index contributed by atoms with van der Waals surface area (Å²) in [4.78, 5) is 0. The highest BCUT2D eigenvalue weighted by Crippen LogP contribution is 2.24. The van der Waals surface area contributed by atoms with Crippen molar-refractivity contribution in [2.75, 3.05) is 14.2 Å². The van der Waals surface area contributed by atoms with Crippen molar-refractivity contribution in [1.82, 2.24) is 0 Å². The highest BCUT2D eigenvalue weighted by Gasteiger charge is 2.14. The molecular formula is C42H80O2. The molecule has 0 aliphatic heterocycles. The molecule has 0 heterocycles. The first kappa shape index (κ1) is 43.1. The molecule has 260 valence electrons. The minimum absolute atomic E-state index is 0.0435. The highest BCUT2D eigenvalue weighted by atomic mass is 16.5. The van der Waals surface area contributed by atoms with Crippen LogP contribution in [0.3, 0.4) is 0 Å². The number of methoxy groups -OCH3 is 2. The Labute approximate surface area is 278 Å². The van der Waals surface area contributed by atoms with E-state index in [-0.39, 0.29) is 11.2 Å². The molecule has 0 radical (unpaired) electrons. The molecule has 44 heavy (non-hydrogen) atoms. The molecule has 5 unspecified atom stereocenters. The summed E-state index contributed by atoms with van der Waals surface area (Å²) in [6.07, 6.45) is 34.3. The summed E-state index contributed by atoms with van der Waals surface area (Å²) < 4.78 is 11.0. The Morgan fingerprint density at radius 2 is 0.932 bits per heavy atom. The van der Waals surface area contributed by atoms with Crippen molar-refractivity contribution in [3.05, 3.63) is 36.0 Å². The van der Waals surface area contributed by atoms with Gasteiger partial charge in [-0.05, 0) is 96.3 Å². The van der Waals surface area contributed by atoms with Gasteiger partial charge < -0.3 is 9.47 Å². The van der Waals surface area contributed by atoms with Gasteiger partial charge in [0, 0.05) is 14.2 Å². The van der Waals surface area contributed by atoms with Gasteiger partial charge in [0.15, 0.2) is 0 Å². The molecular weight excluding hydrogens is 536 g/mol. The second-order valence-electron chi connectivity index (χ2n) is 16.2. The third-order valence-corrected chi connectivity index (χ3v) is 10.1. The Hall–Kier alpha value is -0.860. The highest BCUT2D eigenvalue weighted by molar-refractivity contribution is 5.16. The molecule has 0 aromatic rings. The average Bonchev–Trinajstić information content (AvgIpc) is 2.95. The van der Waals surface area contributed by atoms with Crippen LogP contribution in [0.25, 0.3) is 0 Å². The number of rotatable bonds is 28. The zero-order valence-corrected chi connectivity index (χ0v) is 32.1. The Kier molecular flexibility index (Phi) is 24.8. The van der Waals surface area contributed by atoms with E-state index in [2.05, 4.69) is 99.6 Å². The largest absolute Gasteiger partial charge is 0.378 e. The van der Waals surface area contributed by atoms with Gasteiger partial charge in [-0.1, -0.05) is 148 Å². The van der Waals surface area contributed by atoms with Crippen molar-refractivity contribution in [2.45, 2.75) is 190 Å². The van der Waals surface area contributed by atoms with Gasteiger partial charge in [0.05, 0.1) is 11.2 Å². The number of allylic oxidation sites excluding steroid dienone is 4. The molecule has 0 bridgehead atoms. The van der Waals surface area contributed by atoms with Crippen molar-refractivity contribution < 1.29 is 9.47 Å². The third kappa shape index (κ3) is 26.4. The zero-order valence-electron chi connectivity index (χ0n) is 32.1. The van der Waals surface area contributed by atoms with Gasteiger partial charge in [0.25, 0.3) is 0 Å². The van der Waals surface area contributed by atoms with Crippen LogP contribution in [0.5, 0.6) is 0 Å². The third-order valence-electron chi connectivity index (χ3n) is 10.1. The van der Waals surface area contributed by atoms with E-state index >= 15 is 0 Å². The molecule has 0 fully saturated rings. The van der Waals surface area contributed by atoms with E-state index < -0.39 is 0 Å². The predicted molar refractivity (Wildman–Crippen MR) is 199 cm³/mol. The minimum Gasteiger partial charge on any atom is -0.378 e. The number of hydrogen-bond donors (Lipinski definition) is 0. The monoisotopic (exact) mass is 617 g/mol. The van der Waals surface area contributed by atoms with Crippen molar-refractivity contribution in [3.63, 3.8) is 0 Å². The molecule has 0 amide bonds. The predicted octanol–water partition coefficient (Wildman–Crippen LogP) is 13.7. The maximum Gasteiger partial charge on any atom is 0.0657 e. The molecule has 5 atom stereocenters. The minimum atomic E-state index is -0.0694. The summed E-state index contributed by atoms with van der Waals surface area (Å²) in [7, 11) is 3.59. The SMILES string of the molecule is COC(C)(C)C/C=C/C(C)=C/CCC(C)CCCC(C)CCCCC(C)CCCC(C)CCCC(C)/C=C/CC(C)(C)OC. The fraction of sp³-hybridized carbons (Fsp3) is 0.857. The van der Waals surface area contributed by atoms with E-state index in [0.29, 0.717) is 5.92 Å². The van der Waals surface area contributed by atoms with E-state index in [1.807, 2.05) is 0 Å². The lowest BCUT2D eigenvalue weighted by Crippen LogP contribution is -2.20. The first-order valence-corrected chi connectivity index (χ1v) is 18.8. The molecule has 0 rings (SSSR count). The van der Waals surface area contributed by atoms with Gasteiger partial charge in [0.1, 0.15) is 0 Å². The standard InChI is InChI=1S/C42H80O2/c1-35(23-15-25-37(3)27-17-29-39(5)31-19-33-41(7,8)43-11)21-13-14-22-36(2)24-16-26-38(4)28-18-30-40(6)32-20-34-42(9,10)44-12/h19-20,29,31-32,35-38,40H,13-18,21-28,30,33-34H2,1-12H3/b31-19+,32-20+,39-29+. The lowest BCUT2D eigenvalue weighted by molar-refractivity contribution is 0.0251. The summed E-state index contributed by atoms with van der Waals surface area (Å²) in [6, 6.07) is 0. The quantitative estimate of drug-likeness (QED) is 0.0494. The van der Waals surface area contributed by atoms with Gasteiger partial charge in [-0.15, -0.1) is 0 Å². The Balaban J connectivity index is 3.83. The van der Waals surface area contributed by atoms with Crippen LogP contribution in [0, 0.1) is 29.6 Å². The second-order valence-corrected chi connectivity index (χ2v) is 16.2. The fourth-order valence-corrected chi connectivity index (χ4v) is 6.02. The molecule has 0 aromatic carbocycles. The first-order valence-electron chi connectivity index (χ1n) is 18.8. The number of ether oxygens (including phenoxy) is 2. The Morgan fingerprint density at radius 1 is 0.545 bits per heavy atom. The van der Waals surface area contributed by atoms with E-state index in [1.54, 1.807) is 14.2 Å². The van der Waals surface area contributed by atoms with Crippen LogP contribution in [0.15, 0.2) is 36.0 Å². The van der Waals surface area contributed by atoms with Crippen molar-refractivity contribution in [3.8, 4) is 0 Å². The summed E-state index contributed by atoms with van der Waals surface area (Å²) in [5.41, 5.74) is 1.27. The van der Waals surface area contributed by atoms with Gasteiger partial charge >= 0.3 is 0 Å². The normalized spacial score (nSPS) is 17.0. The summed E-state index contributed by atoms with van der Waals surface area (Å²) in [5.74, 6) is 4.16. The van der Waals surface area contributed by atoms with E-state index in [9.17, 15) is 0 Å². The molecule has 0 saturated heterocycles. The topological polar surface area (TPSA) is 18.5 Å². The van der Waals surface area contributed by atoms with Crippen LogP contribution < -0.4 is 0 Å². The van der Waals surface area contributed by atoms with Crippen LogP contribution >= 0.6 is 0 Å². The Bertz CT molecular complexity index is 758. The number of unbranched alkanes of at least 4 members (excludes halogenated alkanes) is 1. The molecule has 0 aliphatic carbocycles. The van der Waals surface area contributed by atoms with Crippen molar-refractivity contribution in [2.24, 2.45) is 29.6 Å². The van der Waals surface area contributed by atoms with E-state index in [0.717, 1.165) is 36.5 Å². The lowest BCUT2D eigenvalue weighted by Gasteiger charge is -2.20. The maximum absolute atomic E-state index is 5.51. The van der Waals surface area contributed by atoms with Gasteiger partial charge in [-0.3, -0.25) is 0 Å². The van der Waals surface area contributed by atoms with E-state index in [4.69, 9.17) is 9.47 Å². The van der Waals surface area contributed by atoms with E-state index in [1.165, 1.54) is 102 Å². The lowest BCUT2D eigenvalue weighted by atomic mass is 9.90. The summed E-state index contributed by atoms with van der Waals surface area (Å²) in [6.45, 7) is 23.1. The van der Waals surface area contributed by atoms with Crippen LogP contribution in [0.1, 0.15) is 178 Å². The van der Waals surface area contributed by atoms with Crippen LogP contribution in [-0.4, -0.2) is 25.4 Å². The molecule has 0 aromatic heterocycles. The summed E-state index contributed by atoms with van der Waals surface area (Å²) in [5, 5.41) is 0. The Morgan fingerprint density at radius 3 is 1.39 bits per heavy atom. The number of hydrogen-bond acceptors (Lipinski definition) is 2. The van der Waals surface area contributed by atoms with Crippen LogP contribution in [-0.2, 0) is 9.47 Å². The van der Waals surface area contributed by atoms with Crippen LogP contribution in [0.4, 0.5) is 0 Å². The van der Waals surface area contributed by atoms with Crippen LogP contribution in [0.2, 0.25) is 0 Å². The second kappa shape index (κ2) is 25.3. The molecule has 0 N–H and O–H groups in total. The van der Waals surface area contributed by atoms with Gasteiger partial charge in [0.2, 0.25) is 0 Å². The fourth-order valence-electron chi connectivity index (χ4n) is 6.02. The average molecular weight is 617 g/mol. The molecule has 2 heteroatoms. The molecule has 2 nitrogen and oxygen atoms in total. The van der Waals surface area contributed by atoms with Gasteiger partial charge in [-0.2, -0.15) is 0 Å². The van der Waals surface area contributed by atoms with Crippen molar-refractivity contribution >= 4 is 0 Å². The van der Waals surface area contributed by atoms with Crippen molar-refractivity contribution in [1.29, 1.82) is 0 Å². The molecule has 0 spiro atoms.